The van der Waals surface area contributed by atoms with Crippen molar-refractivity contribution >= 4 is 11.6 Å². The highest BCUT2D eigenvalue weighted by atomic mass is 35.5. The van der Waals surface area contributed by atoms with Crippen LogP contribution in [0.4, 0.5) is 0 Å². The van der Waals surface area contributed by atoms with Crippen LogP contribution in [-0.2, 0) is 11.8 Å². The first-order chi connectivity index (χ1) is 11.5. The minimum Gasteiger partial charge on any atom is -0.265 e. The molecule has 2 heterocycles. The van der Waals surface area contributed by atoms with E-state index in [0.29, 0.717) is 22.8 Å². The standard InChI is InChI=1S/C20H22ClN3/c1-12-6-9-20(3)16(13(12)2)5-4-15-17(20)23-19(24-18(15)21)14-7-10-22-11-8-14/h7-8,10-11,13,16H,1,4-6,9H2,2-3H3/t13-,16+,20+/m0/s1. The lowest BCUT2D eigenvalue weighted by Gasteiger charge is -2.49. The van der Waals surface area contributed by atoms with Crippen LogP contribution in [0.15, 0.2) is 36.7 Å². The fourth-order valence-electron chi connectivity index (χ4n) is 4.61. The van der Waals surface area contributed by atoms with Gasteiger partial charge in [0.1, 0.15) is 5.15 Å². The number of hydrogen-bond acceptors (Lipinski definition) is 3. The second-order valence-electron chi connectivity index (χ2n) is 7.41. The molecule has 124 valence electrons. The lowest BCUT2D eigenvalue weighted by molar-refractivity contribution is 0.152. The molecule has 0 aliphatic heterocycles. The van der Waals surface area contributed by atoms with Crippen molar-refractivity contribution in [3.63, 3.8) is 0 Å². The van der Waals surface area contributed by atoms with Crippen molar-refractivity contribution in [3.8, 4) is 11.4 Å². The minimum atomic E-state index is 0.0581. The predicted molar refractivity (Wildman–Crippen MR) is 97.0 cm³/mol. The second kappa shape index (κ2) is 5.66. The molecular formula is C20H22ClN3. The Morgan fingerprint density at radius 1 is 1.21 bits per heavy atom. The molecule has 0 bridgehead atoms. The molecule has 3 atom stereocenters. The van der Waals surface area contributed by atoms with E-state index in [2.05, 4.69) is 30.4 Å². The van der Waals surface area contributed by atoms with Gasteiger partial charge in [-0.2, -0.15) is 0 Å². The Morgan fingerprint density at radius 3 is 2.71 bits per heavy atom. The molecule has 2 aromatic heterocycles. The zero-order valence-electron chi connectivity index (χ0n) is 14.2. The number of rotatable bonds is 1. The number of nitrogens with zero attached hydrogens (tertiary/aromatic N) is 3. The monoisotopic (exact) mass is 339 g/mol. The summed E-state index contributed by atoms with van der Waals surface area (Å²) >= 11 is 6.57. The number of allylic oxidation sites excluding steroid dienone is 1. The first-order valence-corrected chi connectivity index (χ1v) is 9.03. The molecule has 24 heavy (non-hydrogen) atoms. The third-order valence-corrected chi connectivity index (χ3v) is 6.49. The van der Waals surface area contributed by atoms with Gasteiger partial charge in [0, 0.05) is 28.9 Å². The van der Waals surface area contributed by atoms with Crippen LogP contribution in [-0.4, -0.2) is 15.0 Å². The first-order valence-electron chi connectivity index (χ1n) is 8.65. The molecule has 0 saturated heterocycles. The maximum Gasteiger partial charge on any atom is 0.161 e. The highest BCUT2D eigenvalue weighted by Crippen LogP contribution is 2.53. The van der Waals surface area contributed by atoms with Crippen molar-refractivity contribution < 1.29 is 0 Å². The third-order valence-electron chi connectivity index (χ3n) is 6.17. The van der Waals surface area contributed by atoms with Crippen LogP contribution in [0.2, 0.25) is 5.15 Å². The van der Waals surface area contributed by atoms with Gasteiger partial charge in [0.15, 0.2) is 5.82 Å². The summed E-state index contributed by atoms with van der Waals surface area (Å²) in [7, 11) is 0. The van der Waals surface area contributed by atoms with Gasteiger partial charge >= 0.3 is 0 Å². The Bertz CT molecular complexity index is 802. The van der Waals surface area contributed by atoms with Crippen LogP contribution < -0.4 is 0 Å². The molecule has 2 aliphatic rings. The number of fused-ring (bicyclic) bond motifs is 3. The zero-order chi connectivity index (χ0) is 16.9. The van der Waals surface area contributed by atoms with Gasteiger partial charge in [-0.05, 0) is 49.7 Å². The molecule has 4 rings (SSSR count). The van der Waals surface area contributed by atoms with E-state index in [9.17, 15) is 0 Å². The molecule has 1 fully saturated rings. The molecule has 2 aliphatic carbocycles. The minimum absolute atomic E-state index is 0.0581. The number of aromatic nitrogens is 3. The lowest BCUT2D eigenvalue weighted by Crippen LogP contribution is -2.45. The molecule has 2 aromatic rings. The Hall–Kier alpha value is -1.74. The van der Waals surface area contributed by atoms with E-state index in [-0.39, 0.29) is 5.41 Å². The summed E-state index contributed by atoms with van der Waals surface area (Å²) in [5.74, 6) is 1.83. The van der Waals surface area contributed by atoms with Crippen molar-refractivity contribution in [2.45, 2.75) is 44.9 Å². The smallest absolute Gasteiger partial charge is 0.161 e. The first kappa shape index (κ1) is 15.8. The molecule has 0 aromatic carbocycles. The van der Waals surface area contributed by atoms with Crippen molar-refractivity contribution in [2.24, 2.45) is 11.8 Å². The maximum atomic E-state index is 6.57. The van der Waals surface area contributed by atoms with E-state index in [1.165, 1.54) is 5.57 Å². The fraction of sp³-hybridized carbons (Fsp3) is 0.450. The van der Waals surface area contributed by atoms with E-state index < -0.39 is 0 Å². The van der Waals surface area contributed by atoms with E-state index in [4.69, 9.17) is 16.6 Å². The summed E-state index contributed by atoms with van der Waals surface area (Å²) < 4.78 is 0. The van der Waals surface area contributed by atoms with Crippen LogP contribution in [0.25, 0.3) is 11.4 Å². The number of hydrogen-bond donors (Lipinski definition) is 0. The third kappa shape index (κ3) is 2.29. The SMILES string of the molecule is C=C1CC[C@@]2(C)c3nc(-c4ccncc4)nc(Cl)c3CC[C@@H]2[C@H]1C. The Labute approximate surface area is 148 Å². The van der Waals surface area contributed by atoms with Crippen molar-refractivity contribution in [2.75, 3.05) is 0 Å². The van der Waals surface area contributed by atoms with E-state index in [1.54, 1.807) is 12.4 Å². The van der Waals surface area contributed by atoms with Crippen LogP contribution in [0.5, 0.6) is 0 Å². The van der Waals surface area contributed by atoms with Gasteiger partial charge in [-0.15, -0.1) is 0 Å². The summed E-state index contributed by atoms with van der Waals surface area (Å²) in [5, 5.41) is 0.614. The van der Waals surface area contributed by atoms with Crippen molar-refractivity contribution in [1.82, 2.24) is 15.0 Å². The molecule has 1 saturated carbocycles. The van der Waals surface area contributed by atoms with Gasteiger partial charge in [0.05, 0.1) is 5.69 Å². The van der Waals surface area contributed by atoms with E-state index in [1.807, 2.05) is 12.1 Å². The molecule has 3 nitrogen and oxygen atoms in total. The van der Waals surface area contributed by atoms with Crippen LogP contribution in [0.1, 0.15) is 44.4 Å². The van der Waals surface area contributed by atoms with E-state index >= 15 is 0 Å². The maximum absolute atomic E-state index is 6.57. The average molecular weight is 340 g/mol. The number of halogens is 1. The lowest BCUT2D eigenvalue weighted by atomic mass is 9.56. The molecule has 0 radical (unpaired) electrons. The van der Waals surface area contributed by atoms with Gasteiger partial charge < -0.3 is 0 Å². The molecule has 0 spiro atoms. The second-order valence-corrected chi connectivity index (χ2v) is 7.77. The summed E-state index contributed by atoms with van der Waals surface area (Å²) in [6.45, 7) is 8.97. The van der Waals surface area contributed by atoms with Crippen molar-refractivity contribution in [1.29, 1.82) is 0 Å². The molecular weight excluding hydrogens is 318 g/mol. The van der Waals surface area contributed by atoms with Gasteiger partial charge in [-0.3, -0.25) is 4.98 Å². The fourth-order valence-corrected chi connectivity index (χ4v) is 4.88. The molecule has 0 N–H and O–H groups in total. The largest absolute Gasteiger partial charge is 0.265 e. The normalized spacial score (nSPS) is 29.0. The summed E-state index contributed by atoms with van der Waals surface area (Å²) in [6.07, 6.45) is 7.80. The molecule has 4 heteroatoms. The Kier molecular flexibility index (Phi) is 3.72. The summed E-state index contributed by atoms with van der Waals surface area (Å²) in [6, 6.07) is 3.87. The topological polar surface area (TPSA) is 38.7 Å². The van der Waals surface area contributed by atoms with Gasteiger partial charge in [-0.25, -0.2) is 9.97 Å². The van der Waals surface area contributed by atoms with Crippen LogP contribution in [0, 0.1) is 11.8 Å². The quantitative estimate of drug-likeness (QED) is 0.542. The molecule has 0 unspecified atom stereocenters. The average Bonchev–Trinajstić information content (AvgIpc) is 2.60. The van der Waals surface area contributed by atoms with Crippen LogP contribution in [0.3, 0.4) is 0 Å². The van der Waals surface area contributed by atoms with Crippen LogP contribution >= 0.6 is 11.6 Å². The Morgan fingerprint density at radius 2 is 1.96 bits per heavy atom. The molecule has 0 amide bonds. The van der Waals surface area contributed by atoms with Crippen molar-refractivity contribution in [3.05, 3.63) is 53.1 Å². The highest BCUT2D eigenvalue weighted by molar-refractivity contribution is 6.30. The number of pyridine rings is 1. The van der Waals surface area contributed by atoms with Gasteiger partial charge in [0.2, 0.25) is 0 Å². The zero-order valence-corrected chi connectivity index (χ0v) is 15.0. The Balaban J connectivity index is 1.87. The summed E-state index contributed by atoms with van der Waals surface area (Å²) in [5.41, 5.74) is 4.71. The summed E-state index contributed by atoms with van der Waals surface area (Å²) in [4.78, 5) is 13.7. The van der Waals surface area contributed by atoms with Gasteiger partial charge in [-0.1, -0.05) is 37.6 Å². The highest BCUT2D eigenvalue weighted by Gasteiger charge is 2.48. The van der Waals surface area contributed by atoms with Gasteiger partial charge in [0.25, 0.3) is 0 Å². The van der Waals surface area contributed by atoms with E-state index in [0.717, 1.165) is 42.5 Å². The predicted octanol–water partition coefficient (Wildman–Crippen LogP) is 5.00.